The molecule has 1 heterocycles. The first-order chi connectivity index (χ1) is 8.66. The molecule has 3 nitrogen and oxygen atoms in total. The van der Waals surface area contributed by atoms with Crippen LogP contribution in [0.15, 0.2) is 18.2 Å². The van der Waals surface area contributed by atoms with Crippen molar-refractivity contribution in [2.24, 2.45) is 0 Å². The third-order valence-electron chi connectivity index (χ3n) is 2.92. The summed E-state index contributed by atoms with van der Waals surface area (Å²) in [6.07, 6.45) is 1.49. The largest absolute Gasteiger partial charge is 0.368 e. The number of carbonyl (C=O) groups is 1. The maximum absolute atomic E-state index is 13.3. The van der Waals surface area contributed by atoms with Crippen LogP contribution in [0.2, 0.25) is 0 Å². The second kappa shape index (κ2) is 5.91. The van der Waals surface area contributed by atoms with Crippen LogP contribution in [0.4, 0.5) is 8.78 Å². The predicted molar refractivity (Wildman–Crippen MR) is 62.0 cm³/mol. The minimum atomic E-state index is -0.475. The van der Waals surface area contributed by atoms with Crippen LogP contribution in [0.1, 0.15) is 18.4 Å². The lowest BCUT2D eigenvalue weighted by atomic mass is 10.1. The number of halogens is 2. The van der Waals surface area contributed by atoms with Gasteiger partial charge in [0.15, 0.2) is 0 Å². The summed E-state index contributed by atoms with van der Waals surface area (Å²) in [4.78, 5) is 11.6. The second-order valence-corrected chi connectivity index (χ2v) is 4.28. The van der Waals surface area contributed by atoms with Gasteiger partial charge >= 0.3 is 0 Å². The fourth-order valence-electron chi connectivity index (χ4n) is 1.95. The Bertz CT molecular complexity index is 431. The van der Waals surface area contributed by atoms with Crippen LogP contribution in [0.5, 0.6) is 0 Å². The van der Waals surface area contributed by atoms with Crippen molar-refractivity contribution in [1.29, 1.82) is 0 Å². The molecule has 1 aliphatic heterocycles. The number of amides is 1. The topological polar surface area (TPSA) is 38.3 Å². The molecule has 1 saturated heterocycles. The highest BCUT2D eigenvalue weighted by molar-refractivity contribution is 5.80. The first-order valence-corrected chi connectivity index (χ1v) is 6.00. The molecular formula is C13H15F2NO2. The Balaban J connectivity index is 1.81. The standard InChI is InChI=1S/C13H15F2NO2/c14-10-3-4-11(15)9(8-10)5-6-16-13(17)12-2-1-7-18-12/h3-4,8,12H,1-2,5-7H2,(H,16,17). The summed E-state index contributed by atoms with van der Waals surface area (Å²) in [7, 11) is 0. The monoisotopic (exact) mass is 255 g/mol. The van der Waals surface area contributed by atoms with Crippen molar-refractivity contribution in [3.8, 4) is 0 Å². The summed E-state index contributed by atoms with van der Waals surface area (Å²) in [6.45, 7) is 0.885. The highest BCUT2D eigenvalue weighted by Gasteiger charge is 2.22. The van der Waals surface area contributed by atoms with E-state index in [0.29, 0.717) is 6.61 Å². The van der Waals surface area contributed by atoms with Crippen molar-refractivity contribution in [2.45, 2.75) is 25.4 Å². The third-order valence-corrected chi connectivity index (χ3v) is 2.92. The van der Waals surface area contributed by atoms with Gasteiger partial charge in [0.25, 0.3) is 0 Å². The molecule has 1 aromatic carbocycles. The lowest BCUT2D eigenvalue weighted by Gasteiger charge is -2.10. The summed E-state index contributed by atoms with van der Waals surface area (Å²) in [5.74, 6) is -1.11. The molecule has 5 heteroatoms. The minimum Gasteiger partial charge on any atom is -0.368 e. The van der Waals surface area contributed by atoms with E-state index in [4.69, 9.17) is 4.74 Å². The first kappa shape index (κ1) is 13.0. The van der Waals surface area contributed by atoms with Gasteiger partial charge in [0.1, 0.15) is 17.7 Å². The van der Waals surface area contributed by atoms with Crippen molar-refractivity contribution in [3.63, 3.8) is 0 Å². The van der Waals surface area contributed by atoms with Gasteiger partial charge in [-0.2, -0.15) is 0 Å². The van der Waals surface area contributed by atoms with Gasteiger partial charge in [0, 0.05) is 13.2 Å². The Morgan fingerprint density at radius 2 is 2.28 bits per heavy atom. The molecule has 18 heavy (non-hydrogen) atoms. The summed E-state index contributed by atoms with van der Waals surface area (Å²) in [5.41, 5.74) is 0.266. The number of hydrogen-bond donors (Lipinski definition) is 1. The molecule has 1 amide bonds. The first-order valence-electron chi connectivity index (χ1n) is 6.00. The highest BCUT2D eigenvalue weighted by atomic mass is 19.1. The molecule has 0 radical (unpaired) electrons. The van der Waals surface area contributed by atoms with E-state index in [0.717, 1.165) is 31.0 Å². The van der Waals surface area contributed by atoms with E-state index in [1.54, 1.807) is 0 Å². The Morgan fingerprint density at radius 1 is 1.44 bits per heavy atom. The van der Waals surface area contributed by atoms with Crippen LogP contribution in [0.25, 0.3) is 0 Å². The smallest absolute Gasteiger partial charge is 0.249 e. The number of rotatable bonds is 4. The zero-order valence-corrected chi connectivity index (χ0v) is 9.92. The van der Waals surface area contributed by atoms with Crippen molar-refractivity contribution < 1.29 is 18.3 Å². The van der Waals surface area contributed by atoms with Gasteiger partial charge in [-0.3, -0.25) is 4.79 Å². The van der Waals surface area contributed by atoms with Crippen LogP contribution in [-0.2, 0) is 16.0 Å². The molecule has 1 fully saturated rings. The fraction of sp³-hybridized carbons (Fsp3) is 0.462. The van der Waals surface area contributed by atoms with Crippen molar-refractivity contribution in [2.75, 3.05) is 13.2 Å². The normalized spacial score (nSPS) is 18.9. The van der Waals surface area contributed by atoms with Crippen LogP contribution in [0, 0.1) is 11.6 Å². The summed E-state index contributed by atoms with van der Waals surface area (Å²) >= 11 is 0. The Kier molecular flexibility index (Phi) is 4.25. The zero-order chi connectivity index (χ0) is 13.0. The van der Waals surface area contributed by atoms with Gasteiger partial charge in [-0.15, -0.1) is 0 Å². The van der Waals surface area contributed by atoms with Crippen LogP contribution in [-0.4, -0.2) is 25.2 Å². The van der Waals surface area contributed by atoms with Crippen LogP contribution in [0.3, 0.4) is 0 Å². The Morgan fingerprint density at radius 3 is 3.00 bits per heavy atom. The highest BCUT2D eigenvalue weighted by Crippen LogP contribution is 2.12. The molecule has 98 valence electrons. The molecule has 0 aromatic heterocycles. The van der Waals surface area contributed by atoms with Gasteiger partial charge in [-0.1, -0.05) is 0 Å². The average Bonchev–Trinajstić information content (AvgIpc) is 2.87. The number of nitrogens with one attached hydrogen (secondary N) is 1. The van der Waals surface area contributed by atoms with Crippen LogP contribution >= 0.6 is 0 Å². The lowest BCUT2D eigenvalue weighted by Crippen LogP contribution is -2.35. The van der Waals surface area contributed by atoms with Gasteiger partial charge < -0.3 is 10.1 Å². The van der Waals surface area contributed by atoms with Gasteiger partial charge in [-0.05, 0) is 43.0 Å². The van der Waals surface area contributed by atoms with E-state index in [9.17, 15) is 13.6 Å². The molecule has 0 bridgehead atoms. The predicted octanol–water partition coefficient (Wildman–Crippen LogP) is 1.80. The molecule has 0 spiro atoms. The van der Waals surface area contributed by atoms with E-state index in [2.05, 4.69) is 5.32 Å². The van der Waals surface area contributed by atoms with Crippen molar-refractivity contribution >= 4 is 5.91 Å². The van der Waals surface area contributed by atoms with Gasteiger partial charge in [-0.25, -0.2) is 8.78 Å². The summed E-state index contributed by atoms with van der Waals surface area (Å²) in [5, 5.41) is 2.67. The zero-order valence-electron chi connectivity index (χ0n) is 9.92. The molecule has 1 unspecified atom stereocenters. The molecule has 0 saturated carbocycles. The molecular weight excluding hydrogens is 240 g/mol. The molecule has 1 N–H and O–H groups in total. The fourth-order valence-corrected chi connectivity index (χ4v) is 1.95. The maximum Gasteiger partial charge on any atom is 0.249 e. The van der Waals surface area contributed by atoms with E-state index >= 15 is 0 Å². The average molecular weight is 255 g/mol. The molecule has 1 aliphatic rings. The van der Waals surface area contributed by atoms with E-state index in [1.807, 2.05) is 0 Å². The maximum atomic E-state index is 13.3. The van der Waals surface area contributed by atoms with E-state index in [1.165, 1.54) is 0 Å². The SMILES string of the molecule is O=C(NCCc1cc(F)ccc1F)C1CCCO1. The molecule has 1 aromatic rings. The number of hydrogen-bond acceptors (Lipinski definition) is 2. The number of carbonyl (C=O) groups excluding carboxylic acids is 1. The third kappa shape index (κ3) is 3.26. The van der Waals surface area contributed by atoms with Gasteiger partial charge in [0.2, 0.25) is 5.91 Å². The lowest BCUT2D eigenvalue weighted by molar-refractivity contribution is -0.129. The molecule has 0 aliphatic carbocycles. The second-order valence-electron chi connectivity index (χ2n) is 4.28. The number of benzene rings is 1. The molecule has 1 atom stereocenters. The number of ether oxygens (including phenoxy) is 1. The van der Waals surface area contributed by atoms with Crippen molar-refractivity contribution in [3.05, 3.63) is 35.4 Å². The van der Waals surface area contributed by atoms with Gasteiger partial charge in [0.05, 0.1) is 0 Å². The summed E-state index contributed by atoms with van der Waals surface area (Å²) < 4.78 is 31.4. The molecule has 2 rings (SSSR count). The Labute approximate surface area is 104 Å². The summed E-state index contributed by atoms with van der Waals surface area (Å²) in [6, 6.07) is 3.31. The van der Waals surface area contributed by atoms with E-state index in [-0.39, 0.29) is 30.5 Å². The van der Waals surface area contributed by atoms with Crippen LogP contribution < -0.4 is 5.32 Å². The van der Waals surface area contributed by atoms with Crippen molar-refractivity contribution in [1.82, 2.24) is 5.32 Å². The van der Waals surface area contributed by atoms with E-state index < -0.39 is 11.6 Å². The Hall–Kier alpha value is -1.49. The quantitative estimate of drug-likeness (QED) is 0.891. The minimum absolute atomic E-state index is 0.177.